The number of rotatable bonds is 2. The average molecular weight is 240 g/mol. The van der Waals surface area contributed by atoms with Gasteiger partial charge in [-0.25, -0.2) is 4.79 Å². The van der Waals surface area contributed by atoms with Crippen LogP contribution in [0.3, 0.4) is 0 Å². The molecule has 1 aromatic rings. The van der Waals surface area contributed by atoms with Gasteiger partial charge in [0.15, 0.2) is 0 Å². The quantitative estimate of drug-likeness (QED) is 0.605. The molecule has 2 unspecified atom stereocenters. The highest BCUT2D eigenvalue weighted by atomic mass is 16.3. The summed E-state index contributed by atoms with van der Waals surface area (Å²) >= 11 is 0. The van der Waals surface area contributed by atoms with Crippen LogP contribution in [0.1, 0.15) is 25.3 Å². The highest BCUT2D eigenvalue weighted by Gasteiger charge is 2.28. The van der Waals surface area contributed by atoms with Crippen molar-refractivity contribution in [2.75, 3.05) is 5.73 Å². The molecule has 1 aliphatic carbocycles. The van der Waals surface area contributed by atoms with Crippen LogP contribution in [0.4, 0.5) is 11.5 Å². The number of nitrogens with two attached hydrogens (primary N) is 1. The summed E-state index contributed by atoms with van der Waals surface area (Å²) in [4.78, 5) is 36.1. The summed E-state index contributed by atoms with van der Waals surface area (Å²) < 4.78 is 0.906. The molecule has 1 aromatic heterocycles. The van der Waals surface area contributed by atoms with Crippen LogP contribution in [-0.4, -0.2) is 20.8 Å². The predicted molar refractivity (Wildman–Crippen MR) is 60.1 cm³/mol. The summed E-state index contributed by atoms with van der Waals surface area (Å²) in [6.07, 6.45) is 0.805. The third-order valence-electron chi connectivity index (χ3n) is 2.97. The van der Waals surface area contributed by atoms with Crippen molar-refractivity contribution < 1.29 is 5.11 Å². The van der Waals surface area contributed by atoms with Gasteiger partial charge in [0.2, 0.25) is 5.69 Å². The number of aromatic amines is 1. The van der Waals surface area contributed by atoms with E-state index in [0.717, 1.165) is 4.57 Å². The number of aliphatic hydroxyl groups is 1. The van der Waals surface area contributed by atoms with Crippen LogP contribution in [0.25, 0.3) is 0 Å². The molecule has 0 aromatic carbocycles. The topological polar surface area (TPSA) is 131 Å². The lowest BCUT2D eigenvalue weighted by atomic mass is 10.2. The fourth-order valence-corrected chi connectivity index (χ4v) is 2.15. The van der Waals surface area contributed by atoms with E-state index in [1.165, 1.54) is 0 Å². The molecule has 1 aliphatic rings. The zero-order chi connectivity index (χ0) is 12.6. The first-order chi connectivity index (χ1) is 8.04. The standard InChI is InChI=1S/C9H12N4O4/c10-7-6(12-17)8(15)13(9(16)11-7)4-1-2-5(14)3-4/h4-5,14H,1-3,10H2,(H,11,16). The lowest BCUT2D eigenvalue weighted by molar-refractivity contribution is 0.177. The molecule has 17 heavy (non-hydrogen) atoms. The molecule has 8 nitrogen and oxygen atoms in total. The fraction of sp³-hybridized carbons (Fsp3) is 0.556. The largest absolute Gasteiger partial charge is 0.393 e. The van der Waals surface area contributed by atoms with E-state index in [1.54, 1.807) is 0 Å². The molecule has 92 valence electrons. The van der Waals surface area contributed by atoms with Crippen LogP contribution >= 0.6 is 0 Å². The molecule has 0 spiro atoms. The number of nitrogens with one attached hydrogen (secondary N) is 1. The van der Waals surface area contributed by atoms with Crippen LogP contribution in [0.5, 0.6) is 0 Å². The van der Waals surface area contributed by atoms with Gasteiger partial charge in [0.25, 0.3) is 5.56 Å². The third-order valence-corrected chi connectivity index (χ3v) is 2.97. The molecule has 0 radical (unpaired) electrons. The van der Waals surface area contributed by atoms with E-state index in [0.29, 0.717) is 19.3 Å². The van der Waals surface area contributed by atoms with Crippen LogP contribution in [0, 0.1) is 4.91 Å². The number of hydrogen-bond acceptors (Lipinski definition) is 6. The van der Waals surface area contributed by atoms with Crippen molar-refractivity contribution in [1.29, 1.82) is 0 Å². The van der Waals surface area contributed by atoms with Crippen molar-refractivity contribution >= 4 is 11.5 Å². The minimum Gasteiger partial charge on any atom is -0.393 e. The van der Waals surface area contributed by atoms with Gasteiger partial charge in [0.05, 0.1) is 6.10 Å². The van der Waals surface area contributed by atoms with E-state index in [1.807, 2.05) is 0 Å². The zero-order valence-corrected chi connectivity index (χ0v) is 8.92. The Morgan fingerprint density at radius 3 is 2.65 bits per heavy atom. The highest BCUT2D eigenvalue weighted by Crippen LogP contribution is 2.28. The monoisotopic (exact) mass is 240 g/mol. The molecule has 0 saturated heterocycles. The van der Waals surface area contributed by atoms with E-state index >= 15 is 0 Å². The lowest BCUT2D eigenvalue weighted by Gasteiger charge is -2.12. The Bertz CT molecular complexity index is 561. The maximum Gasteiger partial charge on any atom is 0.330 e. The lowest BCUT2D eigenvalue weighted by Crippen LogP contribution is -2.38. The van der Waals surface area contributed by atoms with Crippen molar-refractivity contribution in [3.05, 3.63) is 25.7 Å². The molecule has 0 aliphatic heterocycles. The molecule has 4 N–H and O–H groups in total. The molecule has 0 amide bonds. The number of nitroso groups, excluding NO2 is 1. The second kappa shape index (κ2) is 4.13. The third kappa shape index (κ3) is 1.86. The molecular formula is C9H12N4O4. The second-order valence-corrected chi connectivity index (χ2v) is 4.08. The average Bonchev–Trinajstić information content (AvgIpc) is 2.64. The summed E-state index contributed by atoms with van der Waals surface area (Å²) in [6.45, 7) is 0. The van der Waals surface area contributed by atoms with Crippen molar-refractivity contribution in [3.63, 3.8) is 0 Å². The maximum absolute atomic E-state index is 11.8. The first kappa shape index (κ1) is 11.5. The number of H-pyrrole nitrogens is 1. The van der Waals surface area contributed by atoms with Gasteiger partial charge in [-0.1, -0.05) is 0 Å². The minimum atomic E-state index is -0.805. The summed E-state index contributed by atoms with van der Waals surface area (Å²) in [7, 11) is 0. The number of hydrogen-bond donors (Lipinski definition) is 3. The van der Waals surface area contributed by atoms with E-state index < -0.39 is 29.1 Å². The summed E-state index contributed by atoms with van der Waals surface area (Å²) in [5.74, 6) is -0.329. The van der Waals surface area contributed by atoms with Gasteiger partial charge < -0.3 is 10.8 Å². The number of anilines is 1. The highest BCUT2D eigenvalue weighted by molar-refractivity contribution is 5.54. The Hall–Kier alpha value is -1.96. The molecule has 1 saturated carbocycles. The van der Waals surface area contributed by atoms with Crippen LogP contribution < -0.4 is 17.0 Å². The van der Waals surface area contributed by atoms with Crippen LogP contribution in [-0.2, 0) is 0 Å². The second-order valence-electron chi connectivity index (χ2n) is 4.08. The Morgan fingerprint density at radius 2 is 2.12 bits per heavy atom. The number of nitrogen functional groups attached to an aromatic ring is 1. The Labute approximate surface area is 95.1 Å². The zero-order valence-electron chi connectivity index (χ0n) is 8.92. The van der Waals surface area contributed by atoms with Crippen molar-refractivity contribution in [2.24, 2.45) is 5.18 Å². The van der Waals surface area contributed by atoms with Crippen molar-refractivity contribution in [2.45, 2.75) is 31.4 Å². The predicted octanol–water partition coefficient (Wildman–Crippen LogP) is -0.397. The summed E-state index contributed by atoms with van der Waals surface area (Å²) in [5, 5.41) is 11.9. The van der Waals surface area contributed by atoms with Gasteiger partial charge in [-0.05, 0) is 24.4 Å². The van der Waals surface area contributed by atoms with Crippen molar-refractivity contribution in [1.82, 2.24) is 9.55 Å². The van der Waals surface area contributed by atoms with E-state index in [-0.39, 0.29) is 5.82 Å². The van der Waals surface area contributed by atoms with Gasteiger partial charge in [-0.3, -0.25) is 14.3 Å². The number of aromatic nitrogens is 2. The minimum absolute atomic E-state index is 0.311. The van der Waals surface area contributed by atoms with Gasteiger partial charge in [0.1, 0.15) is 5.82 Å². The van der Waals surface area contributed by atoms with E-state index in [2.05, 4.69) is 10.2 Å². The fourth-order valence-electron chi connectivity index (χ4n) is 2.15. The molecule has 0 bridgehead atoms. The van der Waals surface area contributed by atoms with Crippen LogP contribution in [0.2, 0.25) is 0 Å². The maximum atomic E-state index is 11.8. The van der Waals surface area contributed by atoms with Gasteiger partial charge in [0, 0.05) is 6.04 Å². The smallest absolute Gasteiger partial charge is 0.330 e. The van der Waals surface area contributed by atoms with E-state index in [4.69, 9.17) is 5.73 Å². The SMILES string of the molecule is Nc1[nH]c(=O)n(C2CCC(O)C2)c(=O)c1N=O. The molecule has 1 fully saturated rings. The number of nitrogens with zero attached hydrogens (tertiary/aromatic N) is 2. The van der Waals surface area contributed by atoms with Gasteiger partial charge in [-0.2, -0.15) is 0 Å². The van der Waals surface area contributed by atoms with E-state index in [9.17, 15) is 19.6 Å². The summed E-state index contributed by atoms with van der Waals surface area (Å²) in [6, 6.07) is -0.414. The van der Waals surface area contributed by atoms with Crippen LogP contribution in [0.15, 0.2) is 14.8 Å². The molecule has 8 heteroatoms. The van der Waals surface area contributed by atoms with Gasteiger partial charge in [-0.15, -0.1) is 4.91 Å². The molecule has 2 rings (SSSR count). The Balaban J connectivity index is 2.58. The normalized spacial score (nSPS) is 23.8. The molecule has 2 atom stereocenters. The first-order valence-corrected chi connectivity index (χ1v) is 5.20. The van der Waals surface area contributed by atoms with Crippen molar-refractivity contribution in [3.8, 4) is 0 Å². The Kier molecular flexibility index (Phi) is 2.80. The molecule has 1 heterocycles. The van der Waals surface area contributed by atoms with Gasteiger partial charge >= 0.3 is 5.69 Å². The molecular weight excluding hydrogens is 228 g/mol. The Morgan fingerprint density at radius 1 is 1.41 bits per heavy atom. The summed E-state index contributed by atoms with van der Waals surface area (Å²) in [5.41, 5.74) is 3.33. The first-order valence-electron chi connectivity index (χ1n) is 5.20. The number of aliphatic hydroxyl groups excluding tert-OH is 1.